The molecule has 1 aromatic carbocycles. The minimum Gasteiger partial charge on any atom is -0.395 e. The molecule has 0 aliphatic carbocycles. The van der Waals surface area contributed by atoms with Gasteiger partial charge in [0.2, 0.25) is 5.95 Å². The molecule has 25 heavy (non-hydrogen) atoms. The Morgan fingerprint density at radius 1 is 1.20 bits per heavy atom. The summed E-state index contributed by atoms with van der Waals surface area (Å²) in [5.74, 6) is -0.192. The van der Waals surface area contributed by atoms with Gasteiger partial charge in [-0.05, 0) is 45.0 Å². The molecule has 1 amide bonds. The van der Waals surface area contributed by atoms with Crippen molar-refractivity contribution >= 4 is 11.9 Å². The van der Waals surface area contributed by atoms with Gasteiger partial charge in [0.05, 0.1) is 23.6 Å². The molecule has 1 aromatic heterocycles. The van der Waals surface area contributed by atoms with E-state index in [0.29, 0.717) is 48.1 Å². The Bertz CT molecular complexity index is 731. The van der Waals surface area contributed by atoms with Gasteiger partial charge < -0.3 is 15.3 Å². The van der Waals surface area contributed by atoms with Crippen LogP contribution in [0.15, 0.2) is 24.3 Å². The van der Waals surface area contributed by atoms with Crippen molar-refractivity contribution in [1.82, 2.24) is 14.9 Å². The van der Waals surface area contributed by atoms with E-state index < -0.39 is 0 Å². The molecule has 134 valence electrons. The van der Waals surface area contributed by atoms with E-state index in [-0.39, 0.29) is 18.3 Å². The Labute approximate surface area is 146 Å². The number of aliphatic hydroxyl groups is 1. The second-order valence-electron chi connectivity index (χ2n) is 5.49. The molecule has 0 aliphatic heterocycles. The number of rotatable bonds is 7. The molecule has 2 aromatic rings. The maximum atomic E-state index is 13.3. The summed E-state index contributed by atoms with van der Waals surface area (Å²) in [6.45, 7) is 6.94. The molecule has 0 aliphatic rings. The summed E-state index contributed by atoms with van der Waals surface area (Å²) in [5.41, 5.74) is 2.02. The number of aliphatic hydroxyl groups excluding tert-OH is 1. The number of nitrogens with zero attached hydrogens (tertiary/aromatic N) is 3. The number of aryl methyl sites for hydroxylation is 1. The number of halogens is 1. The monoisotopic (exact) mass is 346 g/mol. The highest BCUT2D eigenvalue weighted by Crippen LogP contribution is 2.26. The number of carbonyl (C=O) groups is 1. The van der Waals surface area contributed by atoms with Crippen LogP contribution in [0.25, 0.3) is 11.3 Å². The lowest BCUT2D eigenvalue weighted by Crippen LogP contribution is -2.32. The Balaban J connectivity index is 2.59. The standard InChI is InChI=1S/C18H23FN4O2/c1-4-23(5-2)17(25)15-12(3)21-18(20-10-11-24)22-16(15)13-6-8-14(19)9-7-13/h6-9,24H,4-5,10-11H2,1-3H3,(H,20,21,22). The molecule has 7 heteroatoms. The third-order valence-electron chi connectivity index (χ3n) is 3.87. The molecule has 0 bridgehead atoms. The average molecular weight is 346 g/mol. The Hall–Kier alpha value is -2.54. The Morgan fingerprint density at radius 3 is 2.40 bits per heavy atom. The largest absolute Gasteiger partial charge is 0.395 e. The van der Waals surface area contributed by atoms with Crippen LogP contribution < -0.4 is 5.32 Å². The third-order valence-corrected chi connectivity index (χ3v) is 3.87. The van der Waals surface area contributed by atoms with Gasteiger partial charge in [0, 0.05) is 25.2 Å². The Kier molecular flexibility index (Phi) is 6.41. The van der Waals surface area contributed by atoms with Gasteiger partial charge in [-0.3, -0.25) is 4.79 Å². The van der Waals surface area contributed by atoms with Crippen LogP contribution >= 0.6 is 0 Å². The summed E-state index contributed by atoms with van der Waals surface area (Å²) in [6.07, 6.45) is 0. The lowest BCUT2D eigenvalue weighted by molar-refractivity contribution is 0.0772. The smallest absolute Gasteiger partial charge is 0.257 e. The predicted molar refractivity (Wildman–Crippen MR) is 95.0 cm³/mol. The zero-order valence-corrected chi connectivity index (χ0v) is 14.7. The number of amides is 1. The highest BCUT2D eigenvalue weighted by Gasteiger charge is 2.23. The summed E-state index contributed by atoms with van der Waals surface area (Å²) < 4.78 is 13.3. The van der Waals surface area contributed by atoms with Crippen molar-refractivity contribution in [3.05, 3.63) is 41.3 Å². The van der Waals surface area contributed by atoms with Gasteiger partial charge in [-0.2, -0.15) is 0 Å². The zero-order chi connectivity index (χ0) is 18.4. The van der Waals surface area contributed by atoms with Crippen molar-refractivity contribution in [2.45, 2.75) is 20.8 Å². The number of aromatic nitrogens is 2. The highest BCUT2D eigenvalue weighted by atomic mass is 19.1. The fourth-order valence-corrected chi connectivity index (χ4v) is 2.56. The van der Waals surface area contributed by atoms with E-state index in [1.54, 1.807) is 24.0 Å². The molecule has 0 saturated carbocycles. The van der Waals surface area contributed by atoms with E-state index in [1.807, 2.05) is 13.8 Å². The van der Waals surface area contributed by atoms with Crippen LogP contribution in [0.3, 0.4) is 0 Å². The van der Waals surface area contributed by atoms with Crippen molar-refractivity contribution in [3.63, 3.8) is 0 Å². The summed E-state index contributed by atoms with van der Waals surface area (Å²) in [6, 6.07) is 5.84. The van der Waals surface area contributed by atoms with Crippen LogP contribution in [-0.4, -0.2) is 52.1 Å². The first kappa shape index (κ1) is 18.8. The summed E-state index contributed by atoms with van der Waals surface area (Å²) in [4.78, 5) is 23.4. The lowest BCUT2D eigenvalue weighted by Gasteiger charge is -2.21. The number of nitrogens with one attached hydrogen (secondary N) is 1. The lowest BCUT2D eigenvalue weighted by atomic mass is 10.0. The van der Waals surface area contributed by atoms with E-state index in [4.69, 9.17) is 5.11 Å². The van der Waals surface area contributed by atoms with E-state index in [9.17, 15) is 9.18 Å². The second kappa shape index (κ2) is 8.53. The minimum atomic E-state index is -0.357. The molecular weight excluding hydrogens is 323 g/mol. The van der Waals surface area contributed by atoms with Gasteiger partial charge in [-0.15, -0.1) is 0 Å². The molecule has 0 fully saturated rings. The highest BCUT2D eigenvalue weighted by molar-refractivity contribution is 6.01. The average Bonchev–Trinajstić information content (AvgIpc) is 2.61. The molecule has 0 unspecified atom stereocenters. The second-order valence-corrected chi connectivity index (χ2v) is 5.49. The maximum Gasteiger partial charge on any atom is 0.257 e. The molecule has 0 saturated heterocycles. The topological polar surface area (TPSA) is 78.4 Å². The Morgan fingerprint density at radius 2 is 1.84 bits per heavy atom. The van der Waals surface area contributed by atoms with Crippen LogP contribution in [0, 0.1) is 12.7 Å². The summed E-state index contributed by atoms with van der Waals surface area (Å²) >= 11 is 0. The number of hydrogen-bond donors (Lipinski definition) is 2. The molecule has 0 radical (unpaired) electrons. The quantitative estimate of drug-likeness (QED) is 0.805. The molecule has 0 atom stereocenters. The fourth-order valence-electron chi connectivity index (χ4n) is 2.56. The van der Waals surface area contributed by atoms with Gasteiger partial charge >= 0.3 is 0 Å². The molecular formula is C18H23FN4O2. The number of benzene rings is 1. The zero-order valence-electron chi connectivity index (χ0n) is 14.7. The van der Waals surface area contributed by atoms with Crippen LogP contribution in [0.5, 0.6) is 0 Å². The van der Waals surface area contributed by atoms with Crippen LogP contribution in [0.2, 0.25) is 0 Å². The van der Waals surface area contributed by atoms with Crippen molar-refractivity contribution in [2.75, 3.05) is 31.6 Å². The third kappa shape index (κ3) is 4.30. The summed E-state index contributed by atoms with van der Waals surface area (Å²) in [7, 11) is 0. The molecule has 1 heterocycles. The molecule has 0 spiro atoms. The van der Waals surface area contributed by atoms with Crippen LogP contribution in [0.1, 0.15) is 29.9 Å². The number of carbonyl (C=O) groups excluding carboxylic acids is 1. The van der Waals surface area contributed by atoms with Crippen LogP contribution in [0.4, 0.5) is 10.3 Å². The van der Waals surface area contributed by atoms with Crippen LogP contribution in [-0.2, 0) is 0 Å². The van der Waals surface area contributed by atoms with E-state index >= 15 is 0 Å². The van der Waals surface area contributed by atoms with Gasteiger partial charge in [0.1, 0.15) is 5.82 Å². The van der Waals surface area contributed by atoms with E-state index in [2.05, 4.69) is 15.3 Å². The van der Waals surface area contributed by atoms with Gasteiger partial charge in [0.15, 0.2) is 0 Å². The fraction of sp³-hybridized carbons (Fsp3) is 0.389. The number of hydrogen-bond acceptors (Lipinski definition) is 5. The first-order chi connectivity index (χ1) is 12.0. The molecule has 2 N–H and O–H groups in total. The first-order valence-electron chi connectivity index (χ1n) is 8.30. The van der Waals surface area contributed by atoms with Crippen molar-refractivity contribution in [1.29, 1.82) is 0 Å². The minimum absolute atomic E-state index is 0.0611. The molecule has 2 rings (SSSR count). The summed E-state index contributed by atoms with van der Waals surface area (Å²) in [5, 5.41) is 11.9. The predicted octanol–water partition coefficient (Wildman–Crippen LogP) is 2.48. The van der Waals surface area contributed by atoms with Gasteiger partial charge in [-0.1, -0.05) is 0 Å². The SMILES string of the molecule is CCN(CC)C(=O)c1c(C)nc(NCCO)nc1-c1ccc(F)cc1. The van der Waals surface area contributed by atoms with E-state index in [1.165, 1.54) is 12.1 Å². The number of anilines is 1. The van der Waals surface area contributed by atoms with Crippen molar-refractivity contribution in [2.24, 2.45) is 0 Å². The maximum absolute atomic E-state index is 13.3. The first-order valence-corrected chi connectivity index (χ1v) is 8.30. The van der Waals surface area contributed by atoms with Gasteiger partial charge in [-0.25, -0.2) is 14.4 Å². The molecule has 6 nitrogen and oxygen atoms in total. The van der Waals surface area contributed by atoms with E-state index in [0.717, 1.165) is 0 Å². The van der Waals surface area contributed by atoms with Crippen molar-refractivity contribution in [3.8, 4) is 11.3 Å². The normalized spacial score (nSPS) is 10.6. The van der Waals surface area contributed by atoms with Crippen molar-refractivity contribution < 1.29 is 14.3 Å². The van der Waals surface area contributed by atoms with Gasteiger partial charge in [0.25, 0.3) is 5.91 Å².